The number of likely N-dealkylation sites (N-methyl/N-ethyl adjacent to an activating group) is 1. The second kappa shape index (κ2) is 17.6. The summed E-state index contributed by atoms with van der Waals surface area (Å²) in [6.07, 6.45) is 8.87. The van der Waals surface area contributed by atoms with Gasteiger partial charge in [-0.25, -0.2) is 13.1 Å². The number of hydrogen-bond acceptors (Lipinski definition) is 9. The molecule has 0 unspecified atom stereocenters. The molecule has 2 aromatic rings. The Hall–Kier alpha value is -2.41. The lowest BCUT2D eigenvalue weighted by Gasteiger charge is -2.51. The van der Waals surface area contributed by atoms with Crippen molar-refractivity contribution < 1.29 is 27.8 Å². The number of carbonyl (C=O) groups is 1. The number of aliphatic hydroxyl groups is 1. The average molecular weight is 773 g/mol. The number of piperidine rings is 1. The van der Waals surface area contributed by atoms with Gasteiger partial charge in [0.15, 0.2) is 0 Å². The Morgan fingerprint density at radius 3 is 2.55 bits per heavy atom. The Balaban J connectivity index is 1.30. The van der Waals surface area contributed by atoms with Gasteiger partial charge in [0.2, 0.25) is 10.0 Å². The van der Waals surface area contributed by atoms with Gasteiger partial charge in [-0.05, 0) is 144 Å². The molecule has 53 heavy (non-hydrogen) atoms. The predicted molar refractivity (Wildman–Crippen MR) is 211 cm³/mol. The van der Waals surface area contributed by atoms with Crippen molar-refractivity contribution in [3.63, 3.8) is 0 Å². The van der Waals surface area contributed by atoms with E-state index in [1.165, 1.54) is 5.56 Å². The number of β-amino-alcohol motifs (C(OH)–C–C–N with tert-alkyl or cyclic N) is 1. The SMILES string of the molecule is COCCN(C)C1CCN(C[C@]2(O)CCC[C@H](C)[C@@H](C)S(=O)(=O)NC(=O)c3ccc4c(c3)N(CCCCc3cc(Cl)ccc3CO4)C[C@@H]3CC[C@H]32)CC1. The van der Waals surface area contributed by atoms with Crippen LogP contribution in [0.15, 0.2) is 36.4 Å². The van der Waals surface area contributed by atoms with E-state index in [4.69, 9.17) is 21.1 Å². The minimum absolute atomic E-state index is 0.120. The van der Waals surface area contributed by atoms with Crippen LogP contribution in [0.3, 0.4) is 0 Å². The highest BCUT2D eigenvalue weighted by molar-refractivity contribution is 7.90. The molecule has 0 spiro atoms. The fourth-order valence-electron chi connectivity index (χ4n) is 9.11. The van der Waals surface area contributed by atoms with E-state index in [2.05, 4.69) is 26.5 Å². The predicted octanol–water partition coefficient (Wildman–Crippen LogP) is 6.13. The number of nitrogens with one attached hydrogen (secondary N) is 1. The number of rotatable bonds is 6. The average Bonchev–Trinajstić information content (AvgIpc) is 3.14. The molecule has 5 atom stereocenters. The summed E-state index contributed by atoms with van der Waals surface area (Å²) in [6.45, 7) is 9.61. The zero-order chi connectivity index (χ0) is 37.8. The third kappa shape index (κ3) is 9.70. The number of methoxy groups -OCH3 is 1. The molecule has 0 radical (unpaired) electrons. The van der Waals surface area contributed by atoms with Crippen molar-refractivity contribution in [3.05, 3.63) is 58.1 Å². The molecule has 0 aromatic heterocycles. The van der Waals surface area contributed by atoms with Gasteiger partial charge in [-0.1, -0.05) is 31.0 Å². The van der Waals surface area contributed by atoms with E-state index < -0.39 is 26.8 Å². The van der Waals surface area contributed by atoms with Crippen LogP contribution in [0.4, 0.5) is 5.69 Å². The number of likely N-dealkylation sites (tertiary alicyclic amines) is 1. The van der Waals surface area contributed by atoms with Crippen LogP contribution in [0.2, 0.25) is 5.02 Å². The third-order valence-electron chi connectivity index (χ3n) is 12.9. The van der Waals surface area contributed by atoms with Gasteiger partial charge in [0.1, 0.15) is 12.4 Å². The highest BCUT2D eigenvalue weighted by Gasteiger charge is 2.48. The number of carbonyl (C=O) groups excluding carboxylic acids is 1. The van der Waals surface area contributed by atoms with E-state index >= 15 is 0 Å². The van der Waals surface area contributed by atoms with E-state index in [1.807, 2.05) is 25.1 Å². The number of benzene rings is 2. The van der Waals surface area contributed by atoms with Crippen molar-refractivity contribution in [3.8, 4) is 5.75 Å². The van der Waals surface area contributed by atoms with Crippen molar-refractivity contribution in [1.82, 2.24) is 14.5 Å². The Morgan fingerprint density at radius 1 is 1.02 bits per heavy atom. The minimum Gasteiger partial charge on any atom is -0.487 e. The van der Waals surface area contributed by atoms with Gasteiger partial charge in [-0.3, -0.25) is 4.79 Å². The van der Waals surface area contributed by atoms with Gasteiger partial charge in [0, 0.05) is 49.9 Å². The Labute approximate surface area is 322 Å². The summed E-state index contributed by atoms with van der Waals surface area (Å²) in [5.41, 5.74) is 2.44. The molecular formula is C41H61ClN4O6S. The summed E-state index contributed by atoms with van der Waals surface area (Å²) >= 11 is 6.39. The Morgan fingerprint density at radius 2 is 1.81 bits per heavy atom. The molecule has 2 N–H and O–H groups in total. The molecule has 1 saturated carbocycles. The van der Waals surface area contributed by atoms with Crippen LogP contribution >= 0.6 is 11.6 Å². The summed E-state index contributed by atoms with van der Waals surface area (Å²) in [6, 6.07) is 11.7. The highest BCUT2D eigenvalue weighted by atomic mass is 35.5. The number of sulfonamides is 1. The van der Waals surface area contributed by atoms with Crippen LogP contribution in [-0.4, -0.2) is 106 Å². The van der Waals surface area contributed by atoms with Crippen LogP contribution in [-0.2, 0) is 27.8 Å². The number of aryl methyl sites for hydroxylation is 1. The fourth-order valence-corrected chi connectivity index (χ4v) is 10.6. The maximum atomic E-state index is 13.6. The van der Waals surface area contributed by atoms with Gasteiger partial charge in [-0.2, -0.15) is 0 Å². The van der Waals surface area contributed by atoms with E-state index in [-0.39, 0.29) is 23.3 Å². The van der Waals surface area contributed by atoms with Crippen LogP contribution in [0.25, 0.3) is 0 Å². The molecule has 4 aliphatic rings. The van der Waals surface area contributed by atoms with Crippen LogP contribution in [0.5, 0.6) is 5.75 Å². The molecule has 1 amide bonds. The minimum atomic E-state index is -3.95. The fraction of sp³-hybridized carbons (Fsp3) is 0.683. The van der Waals surface area contributed by atoms with Crippen molar-refractivity contribution in [2.75, 3.05) is 64.9 Å². The second-order valence-electron chi connectivity index (χ2n) is 16.4. The van der Waals surface area contributed by atoms with Crippen molar-refractivity contribution >= 4 is 33.2 Å². The normalized spacial score (nSPS) is 29.2. The molecule has 1 aliphatic carbocycles. The number of nitrogens with zero attached hydrogens (tertiary/aromatic N) is 3. The van der Waals surface area contributed by atoms with Gasteiger partial charge in [0.05, 0.1) is 23.1 Å². The molecule has 2 fully saturated rings. The quantitative estimate of drug-likeness (QED) is 0.359. The summed E-state index contributed by atoms with van der Waals surface area (Å²) in [7, 11) is -0.0270. The summed E-state index contributed by atoms with van der Waals surface area (Å²) in [5.74, 6) is 0.225. The Bertz CT molecular complexity index is 1670. The van der Waals surface area contributed by atoms with E-state index in [1.54, 1.807) is 32.2 Å². The molecule has 6 rings (SSSR count). The molecule has 12 heteroatoms. The summed E-state index contributed by atoms with van der Waals surface area (Å²) in [5, 5.41) is 12.8. The van der Waals surface area contributed by atoms with Crippen molar-refractivity contribution in [1.29, 1.82) is 0 Å². The standard InChI is InChI=1S/C41H61ClN4O6S/c1-29-8-7-18-41(48,28-45-20-16-36(17-21-45)44(3)22-23-51-4)37-14-11-33(37)26-46-19-6-5-9-31-24-35(42)13-10-34(31)27-52-39-15-12-32(25-38(39)46)40(47)43-53(49,50)30(29)2/h10,12-13,15,24-25,29-30,33,36-37,48H,5-9,11,14,16-23,26-28H2,1-4H3,(H,43,47)/t29-,30+,33-,37+,41+/m0/s1. The van der Waals surface area contributed by atoms with Crippen LogP contribution < -0.4 is 14.4 Å². The van der Waals surface area contributed by atoms with Gasteiger partial charge in [0.25, 0.3) is 5.91 Å². The van der Waals surface area contributed by atoms with E-state index in [0.717, 1.165) is 102 Å². The van der Waals surface area contributed by atoms with E-state index in [9.17, 15) is 18.3 Å². The lowest BCUT2D eigenvalue weighted by atomic mass is 9.62. The number of fused-ring (bicyclic) bond motifs is 3. The maximum Gasteiger partial charge on any atom is 0.264 e. The lowest BCUT2D eigenvalue weighted by molar-refractivity contribution is -0.109. The number of anilines is 1. The first kappa shape index (κ1) is 40.3. The molecule has 2 bridgehead atoms. The third-order valence-corrected chi connectivity index (χ3v) is 15.1. The van der Waals surface area contributed by atoms with Gasteiger partial charge in [-0.15, -0.1) is 0 Å². The zero-order valence-electron chi connectivity index (χ0n) is 32.2. The first-order valence-electron chi connectivity index (χ1n) is 19.9. The molecule has 1 saturated heterocycles. The molecular weight excluding hydrogens is 712 g/mol. The first-order valence-corrected chi connectivity index (χ1v) is 21.8. The molecule has 3 heterocycles. The number of amides is 1. The molecule has 10 nitrogen and oxygen atoms in total. The monoisotopic (exact) mass is 772 g/mol. The highest BCUT2D eigenvalue weighted by Crippen LogP contribution is 2.47. The van der Waals surface area contributed by atoms with Crippen molar-refractivity contribution in [2.24, 2.45) is 17.8 Å². The number of hydrogen-bond donors (Lipinski definition) is 2. The van der Waals surface area contributed by atoms with Gasteiger partial charge >= 0.3 is 0 Å². The lowest BCUT2D eigenvalue weighted by Crippen LogP contribution is -2.57. The second-order valence-corrected chi connectivity index (χ2v) is 18.8. The molecule has 2 aromatic carbocycles. The number of halogens is 1. The first-order chi connectivity index (χ1) is 25.4. The number of ether oxygens (including phenoxy) is 2. The smallest absolute Gasteiger partial charge is 0.264 e. The largest absolute Gasteiger partial charge is 0.487 e. The molecule has 294 valence electrons. The van der Waals surface area contributed by atoms with Crippen molar-refractivity contribution in [2.45, 2.75) is 102 Å². The van der Waals surface area contributed by atoms with Crippen LogP contribution in [0, 0.1) is 17.8 Å². The van der Waals surface area contributed by atoms with Gasteiger partial charge < -0.3 is 29.3 Å². The maximum absolute atomic E-state index is 13.6. The molecule has 3 aliphatic heterocycles. The zero-order valence-corrected chi connectivity index (χ0v) is 33.8. The van der Waals surface area contributed by atoms with Crippen LogP contribution in [0.1, 0.15) is 93.1 Å². The summed E-state index contributed by atoms with van der Waals surface area (Å²) in [4.78, 5) is 20.8. The topological polar surface area (TPSA) is 112 Å². The van der Waals surface area contributed by atoms with E-state index in [0.29, 0.717) is 42.8 Å². The Kier molecular flexibility index (Phi) is 13.4. The summed E-state index contributed by atoms with van der Waals surface area (Å²) < 4.78 is 41.3.